The zero-order chi connectivity index (χ0) is 14.7. The van der Waals surface area contributed by atoms with Crippen molar-refractivity contribution in [2.24, 2.45) is 5.73 Å². The molecule has 2 N–H and O–H groups in total. The fourth-order valence-electron chi connectivity index (χ4n) is 2.68. The molecular formula is C18H19N3. The molecule has 0 saturated carbocycles. The van der Waals surface area contributed by atoms with Gasteiger partial charge in [0.15, 0.2) is 0 Å². The van der Waals surface area contributed by atoms with Gasteiger partial charge in [-0.05, 0) is 29.1 Å². The van der Waals surface area contributed by atoms with Crippen LogP contribution in [0, 0.1) is 0 Å². The van der Waals surface area contributed by atoms with Crippen molar-refractivity contribution < 1.29 is 0 Å². The van der Waals surface area contributed by atoms with Crippen LogP contribution >= 0.6 is 0 Å². The Morgan fingerprint density at radius 3 is 2.43 bits per heavy atom. The number of hydrogen-bond donors (Lipinski definition) is 1. The quantitative estimate of drug-likeness (QED) is 0.795. The molecule has 3 heteroatoms. The number of nitrogens with two attached hydrogens (primary N) is 1. The Morgan fingerprint density at radius 2 is 1.71 bits per heavy atom. The Morgan fingerprint density at radius 1 is 0.952 bits per heavy atom. The zero-order valence-corrected chi connectivity index (χ0v) is 12.2. The van der Waals surface area contributed by atoms with E-state index in [1.165, 1.54) is 22.0 Å². The maximum absolute atomic E-state index is 5.84. The first kappa shape index (κ1) is 13.6. The van der Waals surface area contributed by atoms with Crippen molar-refractivity contribution in [2.45, 2.75) is 13.1 Å². The molecule has 0 aliphatic rings. The highest BCUT2D eigenvalue weighted by Crippen LogP contribution is 2.29. The van der Waals surface area contributed by atoms with E-state index in [1.54, 1.807) is 0 Å². The summed E-state index contributed by atoms with van der Waals surface area (Å²) in [5.74, 6) is 0. The van der Waals surface area contributed by atoms with Crippen molar-refractivity contribution in [3.8, 4) is 0 Å². The molecule has 0 bridgehead atoms. The highest BCUT2D eigenvalue weighted by molar-refractivity contribution is 5.96. The van der Waals surface area contributed by atoms with Crippen LogP contribution in [0.5, 0.6) is 0 Å². The molecule has 0 fully saturated rings. The first-order valence-corrected chi connectivity index (χ1v) is 7.11. The Bertz CT molecular complexity index is 738. The van der Waals surface area contributed by atoms with Crippen molar-refractivity contribution in [1.82, 2.24) is 4.98 Å². The summed E-state index contributed by atoms with van der Waals surface area (Å²) in [5, 5.41) is 2.46. The monoisotopic (exact) mass is 277 g/mol. The highest BCUT2D eigenvalue weighted by atomic mass is 15.1. The summed E-state index contributed by atoms with van der Waals surface area (Å²) in [6, 6.07) is 18.7. The second kappa shape index (κ2) is 5.94. The minimum Gasteiger partial charge on any atom is -0.368 e. The molecule has 0 radical (unpaired) electrons. The fourth-order valence-corrected chi connectivity index (χ4v) is 2.68. The summed E-state index contributed by atoms with van der Waals surface area (Å²) in [6.07, 6.45) is 1.83. The van der Waals surface area contributed by atoms with Crippen molar-refractivity contribution in [2.75, 3.05) is 11.9 Å². The molecule has 106 valence electrons. The van der Waals surface area contributed by atoms with E-state index >= 15 is 0 Å². The third kappa shape index (κ3) is 2.73. The molecule has 3 rings (SSSR count). The molecule has 1 heterocycles. The molecule has 0 aliphatic heterocycles. The largest absolute Gasteiger partial charge is 0.368 e. The first-order chi connectivity index (χ1) is 10.3. The van der Waals surface area contributed by atoms with Crippen LogP contribution in [0.1, 0.15) is 11.3 Å². The molecule has 0 unspecified atom stereocenters. The number of fused-ring (bicyclic) bond motifs is 1. The van der Waals surface area contributed by atoms with Crippen molar-refractivity contribution in [3.63, 3.8) is 0 Å². The molecule has 1 aromatic heterocycles. The molecule has 0 atom stereocenters. The Hall–Kier alpha value is -2.39. The number of benzene rings is 2. The maximum Gasteiger partial charge on any atom is 0.0598 e. The average molecular weight is 277 g/mol. The van der Waals surface area contributed by atoms with Gasteiger partial charge in [-0.1, -0.05) is 36.4 Å². The normalized spacial score (nSPS) is 10.8. The minimum atomic E-state index is 0.560. The highest BCUT2D eigenvalue weighted by Gasteiger charge is 2.09. The van der Waals surface area contributed by atoms with Crippen LogP contribution in [0.25, 0.3) is 10.8 Å². The maximum atomic E-state index is 5.84. The second-order valence-electron chi connectivity index (χ2n) is 5.17. The van der Waals surface area contributed by atoms with Gasteiger partial charge in [-0.2, -0.15) is 0 Å². The third-order valence-electron chi connectivity index (χ3n) is 3.75. The number of anilines is 1. The Labute approximate surface area is 125 Å². The molecule has 0 amide bonds. The van der Waals surface area contributed by atoms with Gasteiger partial charge in [-0.25, -0.2) is 0 Å². The molecule has 3 aromatic rings. The lowest BCUT2D eigenvalue weighted by Gasteiger charge is -2.22. The van der Waals surface area contributed by atoms with Gasteiger partial charge in [0.1, 0.15) is 0 Å². The fraction of sp³-hybridized carbons (Fsp3) is 0.167. The van der Waals surface area contributed by atoms with Crippen LogP contribution in [0.3, 0.4) is 0 Å². The van der Waals surface area contributed by atoms with E-state index in [0.29, 0.717) is 6.54 Å². The summed E-state index contributed by atoms with van der Waals surface area (Å²) in [4.78, 5) is 6.62. The van der Waals surface area contributed by atoms with Gasteiger partial charge in [-0.3, -0.25) is 4.98 Å². The zero-order valence-electron chi connectivity index (χ0n) is 12.2. The lowest BCUT2D eigenvalue weighted by atomic mass is 10.0. The van der Waals surface area contributed by atoms with E-state index in [1.807, 2.05) is 24.4 Å². The SMILES string of the molecule is CN(Cc1ccccn1)c1ccc(CN)c2ccccc12. The number of pyridine rings is 1. The standard InChI is InChI=1S/C18H19N3/c1-21(13-15-6-4-5-11-20-15)18-10-9-14(12-19)16-7-2-3-8-17(16)18/h2-11H,12-13,19H2,1H3. The lowest BCUT2D eigenvalue weighted by Crippen LogP contribution is -2.17. The van der Waals surface area contributed by atoms with Crippen molar-refractivity contribution >= 4 is 16.5 Å². The van der Waals surface area contributed by atoms with Crippen LogP contribution in [0.2, 0.25) is 0 Å². The predicted octanol–water partition coefficient (Wildman–Crippen LogP) is 3.33. The molecule has 0 aliphatic carbocycles. The van der Waals surface area contributed by atoms with E-state index in [9.17, 15) is 0 Å². The first-order valence-electron chi connectivity index (χ1n) is 7.11. The van der Waals surface area contributed by atoms with Gasteiger partial charge < -0.3 is 10.6 Å². The third-order valence-corrected chi connectivity index (χ3v) is 3.75. The van der Waals surface area contributed by atoms with Crippen LogP contribution in [-0.4, -0.2) is 12.0 Å². The molecule has 0 spiro atoms. The van der Waals surface area contributed by atoms with E-state index in [-0.39, 0.29) is 0 Å². The van der Waals surface area contributed by atoms with Crippen LogP contribution in [0.4, 0.5) is 5.69 Å². The second-order valence-corrected chi connectivity index (χ2v) is 5.17. The molecule has 0 saturated heterocycles. The number of rotatable bonds is 4. The molecular weight excluding hydrogens is 258 g/mol. The van der Waals surface area contributed by atoms with Gasteiger partial charge in [-0.15, -0.1) is 0 Å². The number of nitrogens with zero attached hydrogens (tertiary/aromatic N) is 2. The topological polar surface area (TPSA) is 42.2 Å². The van der Waals surface area contributed by atoms with E-state index in [0.717, 1.165) is 12.2 Å². The molecule has 21 heavy (non-hydrogen) atoms. The summed E-state index contributed by atoms with van der Waals surface area (Å²) in [5.41, 5.74) is 9.29. The van der Waals surface area contributed by atoms with Crippen LogP contribution < -0.4 is 10.6 Å². The summed E-state index contributed by atoms with van der Waals surface area (Å²) in [7, 11) is 2.10. The van der Waals surface area contributed by atoms with Gasteiger partial charge >= 0.3 is 0 Å². The van der Waals surface area contributed by atoms with Crippen LogP contribution in [0.15, 0.2) is 60.8 Å². The molecule has 2 aromatic carbocycles. The van der Waals surface area contributed by atoms with E-state index in [2.05, 4.69) is 53.3 Å². The molecule has 3 nitrogen and oxygen atoms in total. The summed E-state index contributed by atoms with van der Waals surface area (Å²) < 4.78 is 0. The van der Waals surface area contributed by atoms with Gasteiger partial charge in [0.25, 0.3) is 0 Å². The van der Waals surface area contributed by atoms with Gasteiger partial charge in [0.05, 0.1) is 12.2 Å². The van der Waals surface area contributed by atoms with Gasteiger partial charge in [0, 0.05) is 30.9 Å². The summed E-state index contributed by atoms with van der Waals surface area (Å²) in [6.45, 7) is 1.34. The van der Waals surface area contributed by atoms with E-state index in [4.69, 9.17) is 5.73 Å². The Kier molecular flexibility index (Phi) is 3.84. The minimum absolute atomic E-state index is 0.560. The smallest absolute Gasteiger partial charge is 0.0598 e. The number of hydrogen-bond acceptors (Lipinski definition) is 3. The average Bonchev–Trinajstić information content (AvgIpc) is 2.54. The predicted molar refractivity (Wildman–Crippen MR) is 88.2 cm³/mol. The Balaban J connectivity index is 2.00. The number of aromatic nitrogens is 1. The summed E-state index contributed by atoms with van der Waals surface area (Å²) >= 11 is 0. The van der Waals surface area contributed by atoms with Crippen LogP contribution in [-0.2, 0) is 13.1 Å². The lowest BCUT2D eigenvalue weighted by molar-refractivity contribution is 0.888. The van der Waals surface area contributed by atoms with E-state index < -0.39 is 0 Å². The van der Waals surface area contributed by atoms with Gasteiger partial charge in [0.2, 0.25) is 0 Å². The van der Waals surface area contributed by atoms with Crippen molar-refractivity contribution in [1.29, 1.82) is 0 Å². The van der Waals surface area contributed by atoms with Crippen molar-refractivity contribution in [3.05, 3.63) is 72.1 Å².